The van der Waals surface area contributed by atoms with E-state index in [2.05, 4.69) is 46.4 Å². The van der Waals surface area contributed by atoms with Gasteiger partial charge in [0.25, 0.3) is 0 Å². The van der Waals surface area contributed by atoms with Crippen LogP contribution in [-0.2, 0) is 4.74 Å². The lowest BCUT2D eigenvalue weighted by Crippen LogP contribution is -2.14. The summed E-state index contributed by atoms with van der Waals surface area (Å²) in [5.74, 6) is 0.664. The van der Waals surface area contributed by atoms with Gasteiger partial charge in [-0.05, 0) is 47.0 Å². The minimum atomic E-state index is 0.664. The van der Waals surface area contributed by atoms with Crippen LogP contribution in [0.3, 0.4) is 0 Å². The molecule has 1 unspecified atom stereocenters. The number of hydrogen-bond acceptors (Lipinski definition) is 2. The normalized spacial score (nSPS) is 20.5. The fourth-order valence-corrected chi connectivity index (χ4v) is 2.16. The van der Waals surface area contributed by atoms with E-state index in [4.69, 9.17) is 4.74 Å². The maximum atomic E-state index is 5.35. The lowest BCUT2D eigenvalue weighted by molar-refractivity contribution is 0.187. The number of halogens is 1. The van der Waals surface area contributed by atoms with Crippen molar-refractivity contribution in [2.75, 3.05) is 25.1 Å². The summed E-state index contributed by atoms with van der Waals surface area (Å²) >= 11 is 3.55. The third-order valence-corrected chi connectivity index (χ3v) is 3.42. The summed E-state index contributed by atoms with van der Waals surface area (Å²) in [5, 5.41) is 3.47. The lowest BCUT2D eigenvalue weighted by Gasteiger charge is -2.12. The molecule has 1 aliphatic heterocycles. The van der Waals surface area contributed by atoms with Crippen LogP contribution in [0.15, 0.2) is 22.7 Å². The molecule has 0 amide bonds. The van der Waals surface area contributed by atoms with Crippen molar-refractivity contribution in [2.24, 2.45) is 5.92 Å². The minimum absolute atomic E-state index is 0.664. The van der Waals surface area contributed by atoms with Crippen LogP contribution in [0.1, 0.15) is 12.0 Å². The van der Waals surface area contributed by atoms with Gasteiger partial charge in [-0.2, -0.15) is 0 Å². The van der Waals surface area contributed by atoms with Crippen molar-refractivity contribution in [2.45, 2.75) is 13.3 Å². The molecular formula is C12H16BrNO. The molecule has 0 saturated carbocycles. The monoisotopic (exact) mass is 269 g/mol. The van der Waals surface area contributed by atoms with Gasteiger partial charge >= 0.3 is 0 Å². The Morgan fingerprint density at radius 1 is 1.53 bits per heavy atom. The van der Waals surface area contributed by atoms with Gasteiger partial charge in [-0.1, -0.05) is 6.07 Å². The molecule has 15 heavy (non-hydrogen) atoms. The maximum Gasteiger partial charge on any atom is 0.0511 e. The van der Waals surface area contributed by atoms with Crippen LogP contribution >= 0.6 is 15.9 Å². The van der Waals surface area contributed by atoms with E-state index < -0.39 is 0 Å². The van der Waals surface area contributed by atoms with Gasteiger partial charge in [0.05, 0.1) is 6.61 Å². The first kappa shape index (κ1) is 11.0. The van der Waals surface area contributed by atoms with E-state index in [9.17, 15) is 0 Å². The van der Waals surface area contributed by atoms with Crippen molar-refractivity contribution in [3.63, 3.8) is 0 Å². The summed E-state index contributed by atoms with van der Waals surface area (Å²) in [6, 6.07) is 6.36. The van der Waals surface area contributed by atoms with Gasteiger partial charge in [0, 0.05) is 29.2 Å². The van der Waals surface area contributed by atoms with Crippen molar-refractivity contribution in [1.29, 1.82) is 0 Å². The summed E-state index contributed by atoms with van der Waals surface area (Å²) in [5.41, 5.74) is 2.46. The van der Waals surface area contributed by atoms with Gasteiger partial charge in [0.2, 0.25) is 0 Å². The van der Waals surface area contributed by atoms with Crippen LogP contribution in [0, 0.1) is 12.8 Å². The number of nitrogens with one attached hydrogen (secondary N) is 1. The average molecular weight is 270 g/mol. The lowest BCUT2D eigenvalue weighted by atomic mass is 10.1. The number of rotatable bonds is 3. The molecule has 0 aliphatic carbocycles. The SMILES string of the molecule is Cc1ccc(Br)c(NCC2CCOC2)c1. The van der Waals surface area contributed by atoms with E-state index in [0.717, 1.165) is 24.2 Å². The Balaban J connectivity index is 1.94. The summed E-state index contributed by atoms with van der Waals surface area (Å²) < 4.78 is 6.48. The second-order valence-electron chi connectivity index (χ2n) is 4.09. The molecule has 1 aromatic carbocycles. The van der Waals surface area contributed by atoms with Gasteiger partial charge < -0.3 is 10.1 Å². The number of ether oxygens (including phenoxy) is 1. The van der Waals surface area contributed by atoms with Crippen LogP contribution in [0.4, 0.5) is 5.69 Å². The Hall–Kier alpha value is -0.540. The van der Waals surface area contributed by atoms with E-state index in [1.54, 1.807) is 0 Å². The first-order valence-corrected chi connectivity index (χ1v) is 6.13. The molecule has 1 aliphatic rings. The van der Waals surface area contributed by atoms with Crippen molar-refractivity contribution >= 4 is 21.6 Å². The highest BCUT2D eigenvalue weighted by Gasteiger charge is 2.15. The highest BCUT2D eigenvalue weighted by Crippen LogP contribution is 2.24. The minimum Gasteiger partial charge on any atom is -0.384 e. The number of aryl methyl sites for hydroxylation is 1. The zero-order chi connectivity index (χ0) is 10.7. The van der Waals surface area contributed by atoms with Gasteiger partial charge in [-0.15, -0.1) is 0 Å². The first-order chi connectivity index (χ1) is 7.25. The van der Waals surface area contributed by atoms with Crippen molar-refractivity contribution in [3.8, 4) is 0 Å². The van der Waals surface area contributed by atoms with Crippen molar-refractivity contribution in [1.82, 2.24) is 0 Å². The van der Waals surface area contributed by atoms with Crippen molar-refractivity contribution in [3.05, 3.63) is 28.2 Å². The molecule has 82 valence electrons. The second-order valence-corrected chi connectivity index (χ2v) is 4.95. The van der Waals surface area contributed by atoms with Gasteiger partial charge in [-0.25, -0.2) is 0 Å². The third-order valence-electron chi connectivity index (χ3n) is 2.73. The molecule has 0 bridgehead atoms. The Bertz CT molecular complexity index is 334. The average Bonchev–Trinajstić information content (AvgIpc) is 2.72. The van der Waals surface area contributed by atoms with Crippen LogP contribution in [-0.4, -0.2) is 19.8 Å². The maximum absolute atomic E-state index is 5.35. The highest BCUT2D eigenvalue weighted by atomic mass is 79.9. The van der Waals surface area contributed by atoms with Gasteiger partial charge in [0.15, 0.2) is 0 Å². The smallest absolute Gasteiger partial charge is 0.0511 e. The molecule has 1 heterocycles. The highest BCUT2D eigenvalue weighted by molar-refractivity contribution is 9.10. The molecule has 1 atom stereocenters. The van der Waals surface area contributed by atoms with Gasteiger partial charge in [-0.3, -0.25) is 0 Å². The van der Waals surface area contributed by atoms with Crippen LogP contribution in [0.25, 0.3) is 0 Å². The van der Waals surface area contributed by atoms with Crippen LogP contribution in [0.2, 0.25) is 0 Å². The Labute approximate surface area is 99.1 Å². The zero-order valence-electron chi connectivity index (χ0n) is 8.92. The fourth-order valence-electron chi connectivity index (χ4n) is 1.77. The molecule has 0 spiro atoms. The summed E-state index contributed by atoms with van der Waals surface area (Å²) in [6.07, 6.45) is 1.18. The molecule has 3 heteroatoms. The van der Waals surface area contributed by atoms with E-state index in [1.807, 2.05) is 0 Å². The predicted octanol–water partition coefficient (Wildman–Crippen LogP) is 3.21. The summed E-state index contributed by atoms with van der Waals surface area (Å²) in [6.45, 7) is 4.93. The zero-order valence-corrected chi connectivity index (χ0v) is 10.5. The molecule has 0 aromatic heterocycles. The van der Waals surface area contributed by atoms with Crippen LogP contribution in [0.5, 0.6) is 0 Å². The molecule has 2 rings (SSSR count). The largest absolute Gasteiger partial charge is 0.384 e. The molecular weight excluding hydrogens is 254 g/mol. The van der Waals surface area contributed by atoms with E-state index in [1.165, 1.54) is 17.7 Å². The fraction of sp³-hybridized carbons (Fsp3) is 0.500. The summed E-state index contributed by atoms with van der Waals surface area (Å²) in [4.78, 5) is 0. The van der Waals surface area contributed by atoms with Crippen molar-refractivity contribution < 1.29 is 4.74 Å². The molecule has 0 radical (unpaired) electrons. The van der Waals surface area contributed by atoms with E-state index in [-0.39, 0.29) is 0 Å². The number of benzene rings is 1. The molecule has 2 nitrogen and oxygen atoms in total. The molecule has 1 fully saturated rings. The topological polar surface area (TPSA) is 21.3 Å². The molecule has 1 N–H and O–H groups in total. The molecule has 1 aromatic rings. The first-order valence-electron chi connectivity index (χ1n) is 5.33. The Kier molecular flexibility index (Phi) is 3.65. The third kappa shape index (κ3) is 2.95. The number of anilines is 1. The van der Waals surface area contributed by atoms with Gasteiger partial charge in [0.1, 0.15) is 0 Å². The second kappa shape index (κ2) is 4.99. The van der Waals surface area contributed by atoms with Crippen LogP contribution < -0.4 is 5.32 Å². The molecule has 1 saturated heterocycles. The van der Waals surface area contributed by atoms with E-state index in [0.29, 0.717) is 5.92 Å². The Morgan fingerprint density at radius 2 is 2.40 bits per heavy atom. The standard InChI is InChI=1S/C12H16BrNO/c1-9-2-3-11(13)12(6-9)14-7-10-4-5-15-8-10/h2-3,6,10,14H,4-5,7-8H2,1H3. The Morgan fingerprint density at radius 3 is 3.13 bits per heavy atom. The number of hydrogen-bond donors (Lipinski definition) is 1. The predicted molar refractivity (Wildman–Crippen MR) is 66.3 cm³/mol. The quantitative estimate of drug-likeness (QED) is 0.910. The van der Waals surface area contributed by atoms with E-state index >= 15 is 0 Å². The summed E-state index contributed by atoms with van der Waals surface area (Å²) in [7, 11) is 0.